The number of methoxy groups -OCH3 is 1. The Morgan fingerprint density at radius 3 is 2.58 bits per heavy atom. The predicted octanol–water partition coefficient (Wildman–Crippen LogP) is 4.24. The van der Waals surface area contributed by atoms with E-state index in [0.29, 0.717) is 11.3 Å². The number of amides is 1. The molecule has 24 heavy (non-hydrogen) atoms. The smallest absolute Gasteiger partial charge is 0.262 e. The number of aromatic hydroxyl groups is 1. The second-order valence-corrected chi connectivity index (χ2v) is 6.52. The Kier molecular flexibility index (Phi) is 3.84. The molecule has 2 aromatic rings. The van der Waals surface area contributed by atoms with E-state index in [2.05, 4.69) is 0 Å². The molecule has 0 radical (unpaired) electrons. The Hall–Kier alpha value is -2.75. The highest BCUT2D eigenvalue weighted by Crippen LogP contribution is 2.41. The zero-order chi connectivity index (χ0) is 17.5. The van der Waals surface area contributed by atoms with Crippen molar-refractivity contribution in [3.63, 3.8) is 0 Å². The molecule has 2 aromatic carbocycles. The molecular weight excluding hydrogens is 302 g/mol. The van der Waals surface area contributed by atoms with E-state index in [1.54, 1.807) is 42.3 Å². The molecule has 0 spiro atoms. The van der Waals surface area contributed by atoms with E-state index in [1.807, 2.05) is 39.0 Å². The number of rotatable bonds is 2. The lowest BCUT2D eigenvalue weighted by molar-refractivity contribution is 0.0967. The Labute approximate surface area is 142 Å². The summed E-state index contributed by atoms with van der Waals surface area (Å²) in [7, 11) is 1.56. The van der Waals surface area contributed by atoms with E-state index >= 15 is 0 Å². The Morgan fingerprint density at radius 2 is 1.88 bits per heavy atom. The molecule has 0 fully saturated rings. The summed E-state index contributed by atoms with van der Waals surface area (Å²) >= 11 is 0. The van der Waals surface area contributed by atoms with Crippen LogP contribution in [0, 0.1) is 0 Å². The van der Waals surface area contributed by atoms with Gasteiger partial charge in [0.1, 0.15) is 11.5 Å². The lowest BCUT2D eigenvalue weighted by Crippen LogP contribution is -2.49. The second kappa shape index (κ2) is 5.71. The third-order valence-corrected chi connectivity index (χ3v) is 4.33. The summed E-state index contributed by atoms with van der Waals surface area (Å²) in [5.74, 6) is 0.601. The van der Waals surface area contributed by atoms with E-state index in [9.17, 15) is 9.90 Å². The second-order valence-electron chi connectivity index (χ2n) is 6.52. The number of nitrogens with zero attached hydrogens (tertiary/aromatic N) is 1. The van der Waals surface area contributed by atoms with E-state index in [0.717, 1.165) is 16.8 Å². The molecule has 124 valence electrons. The van der Waals surface area contributed by atoms with E-state index in [-0.39, 0.29) is 11.7 Å². The maximum absolute atomic E-state index is 13.3. The van der Waals surface area contributed by atoms with Crippen molar-refractivity contribution in [2.75, 3.05) is 12.0 Å². The van der Waals surface area contributed by atoms with Crippen molar-refractivity contribution in [1.82, 2.24) is 0 Å². The average Bonchev–Trinajstić information content (AvgIpc) is 2.54. The van der Waals surface area contributed by atoms with Crippen LogP contribution in [0.15, 0.2) is 48.5 Å². The number of fused-ring (bicyclic) bond motifs is 1. The number of anilines is 1. The largest absolute Gasteiger partial charge is 0.508 e. The molecule has 0 saturated carbocycles. The fraction of sp³-hybridized carbons (Fsp3) is 0.250. The van der Waals surface area contributed by atoms with Crippen LogP contribution in [0.3, 0.4) is 0 Å². The molecule has 0 aromatic heterocycles. The molecule has 0 saturated heterocycles. The summed E-state index contributed by atoms with van der Waals surface area (Å²) in [5, 5.41) is 9.81. The first-order chi connectivity index (χ1) is 11.3. The number of hydrogen-bond acceptors (Lipinski definition) is 3. The number of phenolic OH excluding ortho intramolecular Hbond substituents is 1. The van der Waals surface area contributed by atoms with Gasteiger partial charge in [0.15, 0.2) is 0 Å². The molecule has 4 nitrogen and oxygen atoms in total. The van der Waals surface area contributed by atoms with E-state index < -0.39 is 5.54 Å². The van der Waals surface area contributed by atoms with Crippen molar-refractivity contribution in [1.29, 1.82) is 0 Å². The van der Waals surface area contributed by atoms with Gasteiger partial charge in [-0.25, -0.2) is 0 Å². The van der Waals surface area contributed by atoms with Crippen molar-refractivity contribution in [2.45, 2.75) is 26.3 Å². The van der Waals surface area contributed by atoms with Crippen LogP contribution < -0.4 is 9.64 Å². The van der Waals surface area contributed by atoms with Gasteiger partial charge in [-0.2, -0.15) is 0 Å². The molecule has 0 unspecified atom stereocenters. The topological polar surface area (TPSA) is 49.8 Å². The zero-order valence-corrected chi connectivity index (χ0v) is 14.3. The number of benzene rings is 2. The number of carbonyl (C=O) groups is 1. The first-order valence-corrected chi connectivity index (χ1v) is 7.85. The quantitative estimate of drug-likeness (QED) is 0.899. The van der Waals surface area contributed by atoms with Crippen molar-refractivity contribution in [2.24, 2.45) is 0 Å². The van der Waals surface area contributed by atoms with Gasteiger partial charge in [-0.1, -0.05) is 18.2 Å². The Bertz CT molecular complexity index is 837. The maximum atomic E-state index is 13.3. The first-order valence-electron chi connectivity index (χ1n) is 7.85. The van der Waals surface area contributed by atoms with Gasteiger partial charge >= 0.3 is 0 Å². The predicted molar refractivity (Wildman–Crippen MR) is 95.6 cm³/mol. The minimum Gasteiger partial charge on any atom is -0.508 e. The van der Waals surface area contributed by atoms with Gasteiger partial charge in [0, 0.05) is 5.56 Å². The SMILES string of the molecule is COc1ccccc1C(=O)N1c2ccc(O)cc2C(C)=CC1(C)C. The van der Waals surface area contributed by atoms with Crippen LogP contribution in [0.25, 0.3) is 5.57 Å². The molecule has 1 aliphatic rings. The van der Waals surface area contributed by atoms with Gasteiger partial charge in [-0.15, -0.1) is 0 Å². The molecule has 1 amide bonds. The number of allylic oxidation sites excluding steroid dienone is 1. The van der Waals surface area contributed by atoms with Gasteiger partial charge < -0.3 is 9.84 Å². The average molecular weight is 323 g/mol. The van der Waals surface area contributed by atoms with Crippen molar-refractivity contribution < 1.29 is 14.6 Å². The van der Waals surface area contributed by atoms with Gasteiger partial charge in [-0.3, -0.25) is 9.69 Å². The van der Waals surface area contributed by atoms with Crippen LogP contribution in [0.5, 0.6) is 11.5 Å². The van der Waals surface area contributed by atoms with Gasteiger partial charge in [-0.05, 0) is 56.7 Å². The van der Waals surface area contributed by atoms with Gasteiger partial charge in [0.05, 0.1) is 23.9 Å². The molecule has 0 atom stereocenters. The lowest BCUT2D eigenvalue weighted by atomic mass is 9.88. The molecule has 4 heteroatoms. The van der Waals surface area contributed by atoms with Crippen LogP contribution in [0.2, 0.25) is 0 Å². The summed E-state index contributed by atoms with van der Waals surface area (Å²) in [5.41, 5.74) is 2.70. The zero-order valence-electron chi connectivity index (χ0n) is 14.3. The fourth-order valence-electron chi connectivity index (χ4n) is 3.33. The highest BCUT2D eigenvalue weighted by atomic mass is 16.5. The molecule has 1 aliphatic heterocycles. The third-order valence-electron chi connectivity index (χ3n) is 4.33. The number of carbonyl (C=O) groups excluding carboxylic acids is 1. The number of ether oxygens (including phenoxy) is 1. The van der Waals surface area contributed by atoms with Crippen LogP contribution >= 0.6 is 0 Å². The molecular formula is C20H21NO3. The van der Waals surface area contributed by atoms with Crippen LogP contribution in [-0.2, 0) is 0 Å². The molecule has 1 N–H and O–H groups in total. The van der Waals surface area contributed by atoms with Crippen molar-refractivity contribution in [3.05, 3.63) is 59.7 Å². The summed E-state index contributed by atoms with van der Waals surface area (Å²) in [6, 6.07) is 12.3. The van der Waals surface area contributed by atoms with Gasteiger partial charge in [0.2, 0.25) is 0 Å². The third kappa shape index (κ3) is 2.54. The molecule has 1 heterocycles. The number of para-hydroxylation sites is 1. The lowest BCUT2D eigenvalue weighted by Gasteiger charge is -2.41. The standard InChI is InChI=1S/C20H21NO3/c1-13-12-20(2,3)21(17-10-9-14(22)11-16(13)17)19(23)15-7-5-6-8-18(15)24-4/h5-12,22H,1-4H3. The Morgan fingerprint density at radius 1 is 1.17 bits per heavy atom. The maximum Gasteiger partial charge on any atom is 0.262 e. The van der Waals surface area contributed by atoms with Crippen LogP contribution in [-0.4, -0.2) is 23.7 Å². The fourth-order valence-corrected chi connectivity index (χ4v) is 3.33. The Balaban J connectivity index is 2.18. The number of hydrogen-bond donors (Lipinski definition) is 1. The minimum absolute atomic E-state index is 0.131. The highest BCUT2D eigenvalue weighted by molar-refractivity contribution is 6.11. The van der Waals surface area contributed by atoms with Gasteiger partial charge in [0.25, 0.3) is 5.91 Å². The highest BCUT2D eigenvalue weighted by Gasteiger charge is 2.37. The summed E-state index contributed by atoms with van der Waals surface area (Å²) < 4.78 is 5.35. The number of phenols is 1. The van der Waals surface area contributed by atoms with Crippen LogP contribution in [0.1, 0.15) is 36.7 Å². The van der Waals surface area contributed by atoms with Crippen LogP contribution in [0.4, 0.5) is 5.69 Å². The molecule has 0 aliphatic carbocycles. The van der Waals surface area contributed by atoms with E-state index in [1.165, 1.54) is 0 Å². The molecule has 3 rings (SSSR count). The monoisotopic (exact) mass is 323 g/mol. The van der Waals surface area contributed by atoms with E-state index in [4.69, 9.17) is 4.74 Å². The van der Waals surface area contributed by atoms with Crippen molar-refractivity contribution in [3.8, 4) is 11.5 Å². The first kappa shape index (κ1) is 16.1. The normalized spacial score (nSPS) is 15.5. The summed E-state index contributed by atoms with van der Waals surface area (Å²) in [6.07, 6.45) is 2.04. The minimum atomic E-state index is -0.494. The summed E-state index contributed by atoms with van der Waals surface area (Å²) in [4.78, 5) is 15.1. The molecule has 0 bridgehead atoms. The van der Waals surface area contributed by atoms with Crippen molar-refractivity contribution >= 4 is 17.2 Å². The summed E-state index contributed by atoms with van der Waals surface area (Å²) in [6.45, 7) is 5.99.